The standard InChI is InChI=1S/C26H52O2.C10H10O3/c1-3-5-7-9-11-12-13-14-15-16-17-18-19-20-22-24-26(27)28-25-23-21-10-8-6-4-2;1-13-9(10(11)12)7-8-5-3-2-4-6-8/h3-25H2,1-2H3;2-7H,1H3,(H,11,12). The summed E-state index contributed by atoms with van der Waals surface area (Å²) in [4.78, 5) is 22.2. The van der Waals surface area contributed by atoms with Crippen LogP contribution >= 0.6 is 0 Å². The molecule has 0 saturated carbocycles. The van der Waals surface area contributed by atoms with E-state index in [0.29, 0.717) is 13.0 Å². The minimum atomic E-state index is -1.06. The van der Waals surface area contributed by atoms with Crippen LogP contribution in [0.2, 0.25) is 0 Å². The number of hydrogen-bond donors (Lipinski definition) is 1. The second-order valence-electron chi connectivity index (χ2n) is 11.1. The number of ether oxygens (including phenoxy) is 2. The third-order valence-electron chi connectivity index (χ3n) is 7.27. The summed E-state index contributed by atoms with van der Waals surface area (Å²) in [6, 6.07) is 9.15. The Morgan fingerprint density at radius 3 is 1.46 bits per heavy atom. The second kappa shape index (κ2) is 30.7. The summed E-state index contributed by atoms with van der Waals surface area (Å²) in [5.41, 5.74) is 0.807. The van der Waals surface area contributed by atoms with Crippen LogP contribution in [0.15, 0.2) is 36.1 Å². The Morgan fingerprint density at radius 1 is 0.634 bits per heavy atom. The minimum absolute atomic E-state index is 0.0169. The number of unbranched alkanes of at least 4 members (excludes halogenated alkanes) is 19. The molecule has 0 aromatic heterocycles. The second-order valence-corrected chi connectivity index (χ2v) is 11.1. The lowest BCUT2D eigenvalue weighted by Crippen LogP contribution is -2.05. The van der Waals surface area contributed by atoms with Gasteiger partial charge in [-0.1, -0.05) is 166 Å². The van der Waals surface area contributed by atoms with Crippen molar-refractivity contribution in [3.8, 4) is 0 Å². The van der Waals surface area contributed by atoms with E-state index in [1.807, 2.05) is 30.3 Å². The van der Waals surface area contributed by atoms with Crippen LogP contribution < -0.4 is 0 Å². The maximum Gasteiger partial charge on any atom is 0.371 e. The smallest absolute Gasteiger partial charge is 0.371 e. The van der Waals surface area contributed by atoms with Crippen LogP contribution in [0.1, 0.15) is 161 Å². The van der Waals surface area contributed by atoms with Crippen molar-refractivity contribution in [3.05, 3.63) is 41.7 Å². The van der Waals surface area contributed by atoms with Crippen molar-refractivity contribution >= 4 is 18.0 Å². The molecule has 1 aromatic carbocycles. The Balaban J connectivity index is 0.00000102. The van der Waals surface area contributed by atoms with E-state index in [1.54, 1.807) is 0 Å². The van der Waals surface area contributed by atoms with E-state index in [9.17, 15) is 9.59 Å². The predicted octanol–water partition coefficient (Wildman–Crippen LogP) is 10.9. The van der Waals surface area contributed by atoms with E-state index in [0.717, 1.165) is 18.4 Å². The number of carbonyl (C=O) groups is 2. The first-order chi connectivity index (χ1) is 20.0. The Bertz CT molecular complexity index is 744. The number of aliphatic carboxylic acids is 1. The quantitative estimate of drug-likeness (QED) is 0.0515. The zero-order chi connectivity index (χ0) is 30.2. The highest BCUT2D eigenvalue weighted by atomic mass is 16.5. The zero-order valence-electron chi connectivity index (χ0n) is 26.8. The molecular formula is C36H62O5. The summed E-state index contributed by atoms with van der Waals surface area (Å²) < 4.78 is 10.0. The first kappa shape index (κ1) is 38.7. The minimum Gasteiger partial charge on any atom is -0.490 e. The molecule has 0 bridgehead atoms. The van der Waals surface area contributed by atoms with E-state index in [-0.39, 0.29) is 11.7 Å². The summed E-state index contributed by atoms with van der Waals surface area (Å²) in [6.07, 6.45) is 30.0. The molecular weight excluding hydrogens is 512 g/mol. The lowest BCUT2D eigenvalue weighted by atomic mass is 10.0. The van der Waals surface area contributed by atoms with Gasteiger partial charge in [-0.15, -0.1) is 0 Å². The van der Waals surface area contributed by atoms with Crippen LogP contribution in [0.25, 0.3) is 6.08 Å². The largest absolute Gasteiger partial charge is 0.490 e. The molecule has 236 valence electrons. The van der Waals surface area contributed by atoms with Gasteiger partial charge in [-0.2, -0.15) is 0 Å². The monoisotopic (exact) mass is 574 g/mol. The van der Waals surface area contributed by atoms with Gasteiger partial charge in [-0.05, 0) is 24.5 Å². The Hall–Kier alpha value is -2.30. The zero-order valence-corrected chi connectivity index (χ0v) is 26.8. The molecule has 0 heterocycles. The van der Waals surface area contributed by atoms with E-state index in [4.69, 9.17) is 9.84 Å². The molecule has 1 aromatic rings. The average Bonchev–Trinajstić information content (AvgIpc) is 2.98. The van der Waals surface area contributed by atoms with Gasteiger partial charge in [-0.3, -0.25) is 4.79 Å². The van der Waals surface area contributed by atoms with Crippen molar-refractivity contribution in [2.75, 3.05) is 13.7 Å². The van der Waals surface area contributed by atoms with Gasteiger partial charge in [0.25, 0.3) is 0 Å². The van der Waals surface area contributed by atoms with Crippen LogP contribution in [0, 0.1) is 0 Å². The van der Waals surface area contributed by atoms with Gasteiger partial charge in [0.1, 0.15) is 0 Å². The molecule has 5 heteroatoms. The van der Waals surface area contributed by atoms with Crippen LogP contribution in [-0.2, 0) is 19.1 Å². The van der Waals surface area contributed by atoms with Crippen LogP contribution in [0.3, 0.4) is 0 Å². The Labute approximate surface area is 252 Å². The number of carbonyl (C=O) groups excluding carboxylic acids is 1. The number of hydrogen-bond acceptors (Lipinski definition) is 4. The fourth-order valence-corrected chi connectivity index (χ4v) is 4.69. The maximum atomic E-state index is 11.7. The third kappa shape index (κ3) is 27.6. The maximum absolute atomic E-state index is 11.7. The first-order valence-electron chi connectivity index (χ1n) is 16.7. The number of carboxylic acids is 1. The molecule has 0 aliphatic rings. The number of benzene rings is 1. The number of esters is 1. The summed E-state index contributed by atoms with van der Waals surface area (Å²) >= 11 is 0. The van der Waals surface area contributed by atoms with Crippen molar-refractivity contribution in [3.63, 3.8) is 0 Å². The van der Waals surface area contributed by atoms with Gasteiger partial charge >= 0.3 is 11.9 Å². The van der Waals surface area contributed by atoms with Gasteiger partial charge in [0.2, 0.25) is 5.76 Å². The number of methoxy groups -OCH3 is 1. The molecule has 0 radical (unpaired) electrons. The molecule has 1 rings (SSSR count). The number of carboxylic acid groups (broad SMARTS) is 1. The molecule has 0 aliphatic heterocycles. The van der Waals surface area contributed by atoms with Gasteiger partial charge in [-0.25, -0.2) is 4.79 Å². The van der Waals surface area contributed by atoms with Crippen molar-refractivity contribution in [2.45, 2.75) is 155 Å². The molecule has 0 fully saturated rings. The lowest BCUT2D eigenvalue weighted by molar-refractivity contribution is -0.144. The molecule has 0 aliphatic carbocycles. The normalized spacial score (nSPS) is 11.0. The van der Waals surface area contributed by atoms with Crippen LogP contribution in [0.4, 0.5) is 0 Å². The Kier molecular flexibility index (Phi) is 28.9. The summed E-state index contributed by atoms with van der Waals surface area (Å²) in [5.74, 6) is -1.11. The van der Waals surface area contributed by atoms with Crippen molar-refractivity contribution < 1.29 is 24.2 Å². The highest BCUT2D eigenvalue weighted by Gasteiger charge is 2.05. The predicted molar refractivity (Wildman–Crippen MR) is 173 cm³/mol. The fraction of sp³-hybridized carbons (Fsp3) is 0.722. The average molecular weight is 575 g/mol. The number of rotatable bonds is 26. The molecule has 5 nitrogen and oxygen atoms in total. The van der Waals surface area contributed by atoms with Crippen molar-refractivity contribution in [1.82, 2.24) is 0 Å². The Morgan fingerprint density at radius 2 is 1.05 bits per heavy atom. The lowest BCUT2D eigenvalue weighted by Gasteiger charge is -2.05. The highest BCUT2D eigenvalue weighted by molar-refractivity contribution is 5.89. The topological polar surface area (TPSA) is 72.8 Å². The van der Waals surface area contributed by atoms with E-state index in [2.05, 4.69) is 18.6 Å². The van der Waals surface area contributed by atoms with Crippen molar-refractivity contribution in [1.29, 1.82) is 0 Å². The highest BCUT2D eigenvalue weighted by Crippen LogP contribution is 2.14. The molecule has 1 N–H and O–H groups in total. The van der Waals surface area contributed by atoms with E-state index in [1.165, 1.54) is 135 Å². The summed E-state index contributed by atoms with van der Waals surface area (Å²) in [7, 11) is 1.34. The molecule has 0 saturated heterocycles. The fourth-order valence-electron chi connectivity index (χ4n) is 4.69. The van der Waals surface area contributed by atoms with Crippen molar-refractivity contribution in [2.24, 2.45) is 0 Å². The molecule has 41 heavy (non-hydrogen) atoms. The molecule has 0 unspecified atom stereocenters. The molecule has 0 amide bonds. The molecule has 0 spiro atoms. The van der Waals surface area contributed by atoms with Gasteiger partial charge in [0, 0.05) is 6.42 Å². The van der Waals surface area contributed by atoms with Gasteiger partial charge in [0.15, 0.2) is 0 Å². The summed E-state index contributed by atoms with van der Waals surface area (Å²) in [5, 5.41) is 8.64. The first-order valence-corrected chi connectivity index (χ1v) is 16.7. The van der Waals surface area contributed by atoms with Crippen LogP contribution in [0.5, 0.6) is 0 Å². The van der Waals surface area contributed by atoms with Gasteiger partial charge in [0.05, 0.1) is 13.7 Å². The molecule has 0 atom stereocenters. The van der Waals surface area contributed by atoms with E-state index < -0.39 is 5.97 Å². The van der Waals surface area contributed by atoms with Gasteiger partial charge < -0.3 is 14.6 Å². The van der Waals surface area contributed by atoms with Crippen LogP contribution in [-0.4, -0.2) is 30.8 Å². The SMILES string of the molecule is CCCCCCCCCCCCCCCCCC(=O)OCCCCCCCC.COC(=Cc1ccccc1)C(=O)O. The summed E-state index contributed by atoms with van der Waals surface area (Å²) in [6.45, 7) is 5.15. The third-order valence-corrected chi connectivity index (χ3v) is 7.27. The van der Waals surface area contributed by atoms with E-state index >= 15 is 0 Å².